The van der Waals surface area contributed by atoms with Gasteiger partial charge in [0.1, 0.15) is 6.29 Å². The maximum absolute atomic E-state index is 12.1. The van der Waals surface area contributed by atoms with Gasteiger partial charge in [-0.05, 0) is 16.7 Å². The van der Waals surface area contributed by atoms with E-state index in [-0.39, 0.29) is 5.92 Å². The van der Waals surface area contributed by atoms with Crippen molar-refractivity contribution in [1.82, 2.24) is 0 Å². The molecule has 0 aliphatic rings. The monoisotopic (exact) mass is 332 g/mol. The van der Waals surface area contributed by atoms with Crippen molar-refractivity contribution in [3.63, 3.8) is 0 Å². The molecule has 120 valence electrons. The molecule has 1 unspecified atom stereocenters. The Labute approximate surface area is 148 Å². The lowest BCUT2D eigenvalue weighted by Crippen LogP contribution is -2.40. The SMILES string of the molecule is O=CC(CS)C(c1ccccc1)(c1ccccc1)c1ccccc1. The molecule has 0 fully saturated rings. The zero-order chi connectivity index (χ0) is 16.8. The number of aldehydes is 1. The van der Waals surface area contributed by atoms with Crippen LogP contribution in [0.15, 0.2) is 91.0 Å². The van der Waals surface area contributed by atoms with Crippen LogP contribution in [-0.2, 0) is 10.2 Å². The van der Waals surface area contributed by atoms with Crippen LogP contribution in [0.2, 0.25) is 0 Å². The summed E-state index contributed by atoms with van der Waals surface area (Å²) < 4.78 is 0. The number of rotatable bonds is 6. The molecule has 2 heteroatoms. The second-order valence-electron chi connectivity index (χ2n) is 5.83. The Kier molecular flexibility index (Phi) is 5.17. The number of carbonyl (C=O) groups is 1. The molecule has 0 heterocycles. The van der Waals surface area contributed by atoms with Gasteiger partial charge in [-0.15, -0.1) is 0 Å². The highest BCUT2D eigenvalue weighted by molar-refractivity contribution is 7.80. The summed E-state index contributed by atoms with van der Waals surface area (Å²) in [6, 6.07) is 30.7. The zero-order valence-corrected chi connectivity index (χ0v) is 14.3. The van der Waals surface area contributed by atoms with E-state index < -0.39 is 5.41 Å². The minimum absolute atomic E-state index is 0.270. The smallest absolute Gasteiger partial charge is 0.125 e. The molecular formula is C22H20OS. The summed E-state index contributed by atoms with van der Waals surface area (Å²) in [5, 5.41) is 0. The average Bonchev–Trinajstić information content (AvgIpc) is 2.68. The Hall–Kier alpha value is -2.32. The van der Waals surface area contributed by atoms with Crippen molar-refractivity contribution in [2.75, 3.05) is 5.75 Å². The molecule has 0 bridgehead atoms. The predicted octanol–water partition coefficient (Wildman–Crippen LogP) is 4.77. The first-order chi connectivity index (χ1) is 11.8. The van der Waals surface area contributed by atoms with E-state index in [0.717, 1.165) is 23.0 Å². The largest absolute Gasteiger partial charge is 0.303 e. The van der Waals surface area contributed by atoms with Crippen LogP contribution in [0.1, 0.15) is 16.7 Å². The lowest BCUT2D eigenvalue weighted by molar-refractivity contribution is -0.111. The minimum Gasteiger partial charge on any atom is -0.303 e. The highest BCUT2D eigenvalue weighted by Crippen LogP contribution is 2.45. The molecule has 0 aromatic heterocycles. The first-order valence-corrected chi connectivity index (χ1v) is 8.70. The van der Waals surface area contributed by atoms with Gasteiger partial charge in [-0.3, -0.25) is 0 Å². The van der Waals surface area contributed by atoms with Crippen molar-refractivity contribution < 1.29 is 4.79 Å². The Bertz CT molecular complexity index is 672. The van der Waals surface area contributed by atoms with Crippen LogP contribution in [0.5, 0.6) is 0 Å². The molecule has 0 amide bonds. The second kappa shape index (κ2) is 7.50. The van der Waals surface area contributed by atoms with Crippen LogP contribution in [0, 0.1) is 5.92 Å². The maximum atomic E-state index is 12.1. The van der Waals surface area contributed by atoms with Crippen LogP contribution < -0.4 is 0 Å². The van der Waals surface area contributed by atoms with E-state index in [2.05, 4.69) is 49.0 Å². The van der Waals surface area contributed by atoms with Gasteiger partial charge in [-0.1, -0.05) is 91.0 Å². The fourth-order valence-electron chi connectivity index (χ4n) is 3.53. The predicted molar refractivity (Wildman–Crippen MR) is 103 cm³/mol. The maximum Gasteiger partial charge on any atom is 0.125 e. The van der Waals surface area contributed by atoms with Crippen molar-refractivity contribution in [3.05, 3.63) is 108 Å². The molecule has 0 saturated carbocycles. The van der Waals surface area contributed by atoms with Crippen LogP contribution in [0.25, 0.3) is 0 Å². The van der Waals surface area contributed by atoms with Crippen LogP contribution in [0.3, 0.4) is 0 Å². The quantitative estimate of drug-likeness (QED) is 0.391. The molecule has 3 rings (SSSR count). The van der Waals surface area contributed by atoms with Gasteiger partial charge in [0.05, 0.1) is 5.41 Å². The van der Waals surface area contributed by atoms with Crippen LogP contribution in [-0.4, -0.2) is 12.0 Å². The zero-order valence-electron chi connectivity index (χ0n) is 13.4. The van der Waals surface area contributed by atoms with Crippen molar-refractivity contribution in [3.8, 4) is 0 Å². The first-order valence-electron chi connectivity index (χ1n) is 8.06. The summed E-state index contributed by atoms with van der Waals surface area (Å²) in [5.41, 5.74) is 2.77. The van der Waals surface area contributed by atoms with Gasteiger partial charge in [-0.2, -0.15) is 12.6 Å². The third-order valence-corrected chi connectivity index (χ3v) is 5.00. The van der Waals surface area contributed by atoms with Gasteiger partial charge < -0.3 is 4.79 Å². The highest BCUT2D eigenvalue weighted by Gasteiger charge is 2.42. The van der Waals surface area contributed by atoms with Crippen molar-refractivity contribution in [2.24, 2.45) is 5.92 Å². The lowest BCUT2D eigenvalue weighted by Gasteiger charge is -2.40. The molecule has 24 heavy (non-hydrogen) atoms. The van der Waals surface area contributed by atoms with E-state index in [1.54, 1.807) is 0 Å². The van der Waals surface area contributed by atoms with E-state index in [1.165, 1.54) is 0 Å². The minimum atomic E-state index is -0.548. The van der Waals surface area contributed by atoms with Gasteiger partial charge >= 0.3 is 0 Å². The van der Waals surface area contributed by atoms with Crippen molar-refractivity contribution in [2.45, 2.75) is 5.41 Å². The lowest BCUT2D eigenvalue weighted by atomic mass is 9.62. The summed E-state index contributed by atoms with van der Waals surface area (Å²) >= 11 is 4.51. The number of hydrogen-bond acceptors (Lipinski definition) is 2. The number of carbonyl (C=O) groups excluding carboxylic acids is 1. The fourth-order valence-corrected chi connectivity index (χ4v) is 3.89. The van der Waals surface area contributed by atoms with E-state index in [4.69, 9.17) is 0 Å². The van der Waals surface area contributed by atoms with Gasteiger partial charge in [-0.25, -0.2) is 0 Å². The van der Waals surface area contributed by atoms with E-state index in [0.29, 0.717) is 5.75 Å². The number of hydrogen-bond donors (Lipinski definition) is 1. The highest BCUT2D eigenvalue weighted by atomic mass is 32.1. The van der Waals surface area contributed by atoms with E-state index in [1.807, 2.05) is 54.6 Å². The molecular weight excluding hydrogens is 312 g/mol. The van der Waals surface area contributed by atoms with Gasteiger partial charge in [0.15, 0.2) is 0 Å². The number of benzene rings is 3. The summed E-state index contributed by atoms with van der Waals surface area (Å²) in [5.74, 6) is 0.204. The molecule has 0 spiro atoms. The van der Waals surface area contributed by atoms with Crippen molar-refractivity contribution >= 4 is 18.9 Å². The number of thiol groups is 1. The summed E-state index contributed by atoms with van der Waals surface area (Å²) in [6.45, 7) is 0. The molecule has 3 aromatic carbocycles. The fraction of sp³-hybridized carbons (Fsp3) is 0.136. The second-order valence-corrected chi connectivity index (χ2v) is 6.20. The topological polar surface area (TPSA) is 17.1 Å². The summed E-state index contributed by atoms with van der Waals surface area (Å²) in [7, 11) is 0. The molecule has 1 atom stereocenters. The summed E-state index contributed by atoms with van der Waals surface area (Å²) in [6.07, 6.45) is 1.04. The van der Waals surface area contributed by atoms with Crippen LogP contribution in [0.4, 0.5) is 0 Å². The molecule has 1 nitrogen and oxygen atoms in total. The molecule has 0 aliphatic heterocycles. The molecule has 0 saturated heterocycles. The van der Waals surface area contributed by atoms with E-state index in [9.17, 15) is 4.79 Å². The van der Waals surface area contributed by atoms with Crippen LogP contribution >= 0.6 is 12.6 Å². The Balaban J connectivity index is 2.39. The van der Waals surface area contributed by atoms with E-state index >= 15 is 0 Å². The Morgan fingerprint density at radius 1 is 0.708 bits per heavy atom. The summed E-state index contributed by atoms with van der Waals surface area (Å²) in [4.78, 5) is 12.1. The Morgan fingerprint density at radius 2 is 1.04 bits per heavy atom. The van der Waals surface area contributed by atoms with Gasteiger partial charge in [0, 0.05) is 11.7 Å². The van der Waals surface area contributed by atoms with Crippen molar-refractivity contribution in [1.29, 1.82) is 0 Å². The molecule has 0 radical (unpaired) electrons. The normalized spacial score (nSPS) is 12.5. The van der Waals surface area contributed by atoms with Gasteiger partial charge in [0.25, 0.3) is 0 Å². The first kappa shape index (κ1) is 16.5. The standard InChI is InChI=1S/C22H20OS/c23-16-21(17-24)22(18-10-4-1-5-11-18,19-12-6-2-7-13-19)20-14-8-3-9-15-20/h1-16,21,24H,17H2. The Morgan fingerprint density at radius 3 is 1.29 bits per heavy atom. The molecule has 3 aromatic rings. The third kappa shape index (κ3) is 2.78. The average molecular weight is 332 g/mol. The molecule has 0 N–H and O–H groups in total. The van der Waals surface area contributed by atoms with Gasteiger partial charge in [0.2, 0.25) is 0 Å². The third-order valence-electron chi connectivity index (χ3n) is 4.60. The molecule has 0 aliphatic carbocycles.